The van der Waals surface area contributed by atoms with Crippen LogP contribution in [0.5, 0.6) is 0 Å². The molecule has 1 N–H and O–H groups in total. The van der Waals surface area contributed by atoms with Crippen molar-refractivity contribution in [1.29, 1.82) is 0 Å². The Hall–Kier alpha value is -1.31. The Bertz CT molecular complexity index is 386. The second kappa shape index (κ2) is 5.85. The third kappa shape index (κ3) is 3.09. The molecule has 17 heavy (non-hydrogen) atoms. The summed E-state index contributed by atoms with van der Waals surface area (Å²) >= 11 is 0. The molecule has 0 aromatic heterocycles. The van der Waals surface area contributed by atoms with E-state index in [1.54, 1.807) is 0 Å². The number of fused-ring (bicyclic) bond motifs is 1. The van der Waals surface area contributed by atoms with E-state index in [9.17, 15) is 4.79 Å². The van der Waals surface area contributed by atoms with Gasteiger partial charge in [0.15, 0.2) is 0 Å². The first-order valence-electron chi connectivity index (χ1n) is 6.68. The molecule has 0 bridgehead atoms. The lowest BCUT2D eigenvalue weighted by Crippen LogP contribution is -2.30. The van der Waals surface area contributed by atoms with E-state index >= 15 is 0 Å². The zero-order valence-corrected chi connectivity index (χ0v) is 10.5. The molecule has 0 heterocycles. The van der Waals surface area contributed by atoms with E-state index in [1.165, 1.54) is 17.5 Å². The van der Waals surface area contributed by atoms with Gasteiger partial charge in [0, 0.05) is 6.42 Å². The Morgan fingerprint density at radius 3 is 3.06 bits per heavy atom. The molecule has 1 unspecified atom stereocenters. The van der Waals surface area contributed by atoms with Crippen LogP contribution in [0, 0.1) is 0 Å². The van der Waals surface area contributed by atoms with E-state index in [2.05, 4.69) is 36.5 Å². The molecule has 0 aliphatic heterocycles. The lowest BCUT2D eigenvalue weighted by atomic mass is 9.87. The number of nitrogens with one attached hydrogen (secondary N) is 1. The highest BCUT2D eigenvalue weighted by atomic mass is 16.1. The second-order valence-electron chi connectivity index (χ2n) is 4.81. The average molecular weight is 231 g/mol. The van der Waals surface area contributed by atoms with Crippen LogP contribution in [0.15, 0.2) is 24.3 Å². The van der Waals surface area contributed by atoms with Gasteiger partial charge in [0.1, 0.15) is 0 Å². The largest absolute Gasteiger partial charge is 0.349 e. The standard InChI is InChI=1S/C15H21NO/c1-2-3-11-15(17)16-14-10-6-8-12-7-4-5-9-13(12)14/h4-5,7,9,14H,2-3,6,8,10-11H2,1H3,(H,16,17). The van der Waals surface area contributed by atoms with Crippen LogP contribution in [0.3, 0.4) is 0 Å². The first kappa shape index (κ1) is 12.2. The van der Waals surface area contributed by atoms with E-state index in [4.69, 9.17) is 0 Å². The third-order valence-electron chi connectivity index (χ3n) is 3.46. The average Bonchev–Trinajstić information content (AvgIpc) is 2.37. The van der Waals surface area contributed by atoms with Crippen LogP contribution in [-0.2, 0) is 11.2 Å². The highest BCUT2D eigenvalue weighted by Gasteiger charge is 2.20. The van der Waals surface area contributed by atoms with Crippen molar-refractivity contribution in [3.8, 4) is 0 Å². The number of carbonyl (C=O) groups is 1. The summed E-state index contributed by atoms with van der Waals surface area (Å²) in [5.74, 6) is 0.202. The fraction of sp³-hybridized carbons (Fsp3) is 0.533. The summed E-state index contributed by atoms with van der Waals surface area (Å²) < 4.78 is 0. The Kier molecular flexibility index (Phi) is 4.18. The zero-order chi connectivity index (χ0) is 12.1. The van der Waals surface area contributed by atoms with Gasteiger partial charge in [-0.3, -0.25) is 4.79 Å². The highest BCUT2D eigenvalue weighted by Crippen LogP contribution is 2.29. The minimum atomic E-state index is 0.202. The summed E-state index contributed by atoms with van der Waals surface area (Å²) in [5, 5.41) is 3.17. The molecule has 1 amide bonds. The van der Waals surface area contributed by atoms with E-state index in [0.717, 1.165) is 25.7 Å². The maximum absolute atomic E-state index is 11.8. The molecule has 0 saturated carbocycles. The van der Waals surface area contributed by atoms with Crippen molar-refractivity contribution in [3.05, 3.63) is 35.4 Å². The Morgan fingerprint density at radius 2 is 2.24 bits per heavy atom. The molecule has 1 aromatic rings. The van der Waals surface area contributed by atoms with Crippen LogP contribution in [0.1, 0.15) is 56.2 Å². The molecule has 1 aliphatic rings. The SMILES string of the molecule is CCCCC(=O)NC1CCCc2ccccc21. The van der Waals surface area contributed by atoms with Gasteiger partial charge < -0.3 is 5.32 Å². The molecule has 0 saturated heterocycles. The Labute approximate surface area is 103 Å². The normalized spacial score (nSPS) is 18.5. The molecule has 2 heteroatoms. The van der Waals surface area contributed by atoms with Crippen molar-refractivity contribution < 1.29 is 4.79 Å². The Morgan fingerprint density at radius 1 is 1.41 bits per heavy atom. The van der Waals surface area contributed by atoms with Gasteiger partial charge in [-0.25, -0.2) is 0 Å². The number of benzene rings is 1. The van der Waals surface area contributed by atoms with Crippen molar-refractivity contribution in [3.63, 3.8) is 0 Å². The molecule has 2 rings (SSSR count). The molecule has 1 aliphatic carbocycles. The number of hydrogen-bond donors (Lipinski definition) is 1. The molecule has 0 spiro atoms. The number of carbonyl (C=O) groups excluding carboxylic acids is 1. The number of aryl methyl sites for hydroxylation is 1. The first-order valence-corrected chi connectivity index (χ1v) is 6.68. The predicted octanol–water partition coefficient (Wildman–Crippen LogP) is 3.37. The van der Waals surface area contributed by atoms with Crippen LogP contribution < -0.4 is 5.32 Å². The van der Waals surface area contributed by atoms with Gasteiger partial charge in [-0.05, 0) is 36.8 Å². The topological polar surface area (TPSA) is 29.1 Å². The summed E-state index contributed by atoms with van der Waals surface area (Å²) in [4.78, 5) is 11.8. The lowest BCUT2D eigenvalue weighted by Gasteiger charge is -2.26. The van der Waals surface area contributed by atoms with Gasteiger partial charge in [0.25, 0.3) is 0 Å². The van der Waals surface area contributed by atoms with Crippen LogP contribution in [0.2, 0.25) is 0 Å². The van der Waals surface area contributed by atoms with Crippen molar-refractivity contribution >= 4 is 5.91 Å². The van der Waals surface area contributed by atoms with E-state index in [-0.39, 0.29) is 11.9 Å². The zero-order valence-electron chi connectivity index (χ0n) is 10.5. The quantitative estimate of drug-likeness (QED) is 0.845. The van der Waals surface area contributed by atoms with Crippen molar-refractivity contribution in [2.24, 2.45) is 0 Å². The molecule has 2 nitrogen and oxygen atoms in total. The summed E-state index contributed by atoms with van der Waals surface area (Å²) in [6.45, 7) is 2.11. The summed E-state index contributed by atoms with van der Waals surface area (Å²) in [6, 6.07) is 8.72. The van der Waals surface area contributed by atoms with Gasteiger partial charge in [-0.2, -0.15) is 0 Å². The highest BCUT2D eigenvalue weighted by molar-refractivity contribution is 5.76. The van der Waals surface area contributed by atoms with Crippen LogP contribution in [-0.4, -0.2) is 5.91 Å². The lowest BCUT2D eigenvalue weighted by molar-refractivity contribution is -0.122. The summed E-state index contributed by atoms with van der Waals surface area (Å²) in [5.41, 5.74) is 2.73. The van der Waals surface area contributed by atoms with E-state index < -0.39 is 0 Å². The van der Waals surface area contributed by atoms with Gasteiger partial charge >= 0.3 is 0 Å². The van der Waals surface area contributed by atoms with Crippen LogP contribution in [0.4, 0.5) is 0 Å². The Balaban J connectivity index is 2.01. The molecular weight excluding hydrogens is 210 g/mol. The number of hydrogen-bond acceptors (Lipinski definition) is 1. The maximum Gasteiger partial charge on any atom is 0.220 e. The van der Waals surface area contributed by atoms with Gasteiger partial charge in [0.2, 0.25) is 5.91 Å². The third-order valence-corrected chi connectivity index (χ3v) is 3.46. The second-order valence-corrected chi connectivity index (χ2v) is 4.81. The molecule has 0 fully saturated rings. The molecule has 0 radical (unpaired) electrons. The molecule has 1 aromatic carbocycles. The molecular formula is C15H21NO. The molecule has 1 atom stereocenters. The van der Waals surface area contributed by atoms with Gasteiger partial charge in [0.05, 0.1) is 6.04 Å². The fourth-order valence-corrected chi connectivity index (χ4v) is 2.51. The van der Waals surface area contributed by atoms with E-state index in [0.29, 0.717) is 6.42 Å². The minimum absolute atomic E-state index is 0.202. The maximum atomic E-state index is 11.8. The van der Waals surface area contributed by atoms with E-state index in [1.807, 2.05) is 0 Å². The molecule has 92 valence electrons. The van der Waals surface area contributed by atoms with Crippen LogP contribution in [0.25, 0.3) is 0 Å². The van der Waals surface area contributed by atoms with Crippen molar-refractivity contribution in [2.45, 2.75) is 51.5 Å². The monoisotopic (exact) mass is 231 g/mol. The van der Waals surface area contributed by atoms with Crippen molar-refractivity contribution in [2.75, 3.05) is 0 Å². The van der Waals surface area contributed by atoms with Crippen molar-refractivity contribution in [1.82, 2.24) is 5.32 Å². The predicted molar refractivity (Wildman–Crippen MR) is 69.8 cm³/mol. The van der Waals surface area contributed by atoms with Gasteiger partial charge in [-0.15, -0.1) is 0 Å². The number of unbranched alkanes of at least 4 members (excludes halogenated alkanes) is 1. The van der Waals surface area contributed by atoms with Crippen LogP contribution >= 0.6 is 0 Å². The summed E-state index contributed by atoms with van der Waals surface area (Å²) in [7, 11) is 0. The van der Waals surface area contributed by atoms with Gasteiger partial charge in [-0.1, -0.05) is 37.6 Å². The number of amides is 1. The smallest absolute Gasteiger partial charge is 0.220 e. The first-order chi connectivity index (χ1) is 8.31. The summed E-state index contributed by atoms with van der Waals surface area (Å²) in [6.07, 6.45) is 6.13. The number of rotatable bonds is 4. The fourth-order valence-electron chi connectivity index (χ4n) is 2.51. The minimum Gasteiger partial charge on any atom is -0.349 e.